The first-order valence-corrected chi connectivity index (χ1v) is 12.0. The van der Waals surface area contributed by atoms with E-state index in [1.807, 2.05) is 6.07 Å². The van der Waals surface area contributed by atoms with Gasteiger partial charge in [-0.25, -0.2) is 9.59 Å². The third-order valence-electron chi connectivity index (χ3n) is 4.68. The average molecular weight is 492 g/mol. The Kier molecular flexibility index (Phi) is 9.61. The maximum absolute atomic E-state index is 13.1. The van der Waals surface area contributed by atoms with E-state index in [0.29, 0.717) is 5.56 Å². The Morgan fingerprint density at radius 3 is 2.35 bits per heavy atom. The zero-order chi connectivity index (χ0) is 25.3. The molecular formula is C22H29N4O7P. The molecule has 0 aliphatic heterocycles. The van der Waals surface area contributed by atoms with Crippen molar-refractivity contribution in [2.24, 2.45) is 11.7 Å². The number of ether oxygens (including phenoxy) is 1. The number of carboxylic acid groups (broad SMARTS) is 1. The van der Waals surface area contributed by atoms with Crippen LogP contribution in [0.4, 0.5) is 4.79 Å². The smallest absolute Gasteiger partial charge is 0.408 e. The number of nitrogens with two attached hydrogens (primary N) is 1. The first-order valence-electron chi connectivity index (χ1n) is 10.4. The predicted octanol–water partition coefficient (Wildman–Crippen LogP) is 2.91. The minimum absolute atomic E-state index is 0.0487. The van der Waals surface area contributed by atoms with Gasteiger partial charge in [0.25, 0.3) is 0 Å². The molecule has 2 aromatic carbocycles. The molecule has 7 N–H and O–H groups in total. The maximum Gasteiger partial charge on any atom is 0.408 e. The lowest BCUT2D eigenvalue weighted by Gasteiger charge is -2.28. The molecule has 2 aromatic rings. The molecule has 0 aliphatic rings. The van der Waals surface area contributed by atoms with Gasteiger partial charge in [0.2, 0.25) is 0 Å². The van der Waals surface area contributed by atoms with Gasteiger partial charge in [0.1, 0.15) is 12.4 Å². The number of rotatable bonds is 11. The van der Waals surface area contributed by atoms with Crippen molar-refractivity contribution in [1.82, 2.24) is 10.6 Å². The summed E-state index contributed by atoms with van der Waals surface area (Å²) < 4.78 is 23.4. The summed E-state index contributed by atoms with van der Waals surface area (Å²) in [5.74, 6) is -3.75. The fraction of sp³-hybridized carbons (Fsp3) is 0.318. The summed E-state index contributed by atoms with van der Waals surface area (Å²) in [4.78, 5) is 34.8. The standard InChI is InChI=1S/C22H29N4O7P/c1-14(2)19(26-22(29)32-13-15-7-4-3-5-8-15)34(30,31)33-18(20(27)28)17-10-6-9-16(11-17)12-25-21(23)24/h3-11,14,18-19H,12-13H2,1-2H3,(H,26,29)(H,27,28)(H,30,31)(H4,23,24,25). The normalized spacial score (nSPS) is 14.5. The topological polar surface area (TPSA) is 184 Å². The van der Waals surface area contributed by atoms with Crippen molar-refractivity contribution >= 4 is 25.6 Å². The number of hydrogen-bond acceptors (Lipinski definition) is 6. The molecule has 0 heterocycles. The molecule has 0 aromatic heterocycles. The number of nitrogens with one attached hydrogen (secondary N) is 3. The van der Waals surface area contributed by atoms with E-state index in [0.717, 1.165) is 5.56 Å². The van der Waals surface area contributed by atoms with Gasteiger partial charge < -0.3 is 31.1 Å². The Hall–Kier alpha value is -3.40. The second-order valence-electron chi connectivity index (χ2n) is 7.79. The Morgan fingerprint density at radius 2 is 1.76 bits per heavy atom. The minimum Gasteiger partial charge on any atom is -0.479 e. The molecular weight excluding hydrogens is 463 g/mol. The molecule has 0 fully saturated rings. The van der Waals surface area contributed by atoms with E-state index in [1.54, 1.807) is 50.2 Å². The van der Waals surface area contributed by atoms with Crippen molar-refractivity contribution in [3.05, 3.63) is 71.3 Å². The number of amides is 1. The van der Waals surface area contributed by atoms with Gasteiger partial charge in [0.15, 0.2) is 12.1 Å². The summed E-state index contributed by atoms with van der Waals surface area (Å²) in [6.45, 7) is 3.26. The lowest BCUT2D eigenvalue weighted by molar-refractivity contribution is -0.145. The molecule has 0 saturated carbocycles. The van der Waals surface area contributed by atoms with Gasteiger partial charge in [0, 0.05) is 6.54 Å². The van der Waals surface area contributed by atoms with Crippen molar-refractivity contribution < 1.29 is 33.4 Å². The molecule has 3 atom stereocenters. The van der Waals surface area contributed by atoms with E-state index < -0.39 is 37.5 Å². The van der Waals surface area contributed by atoms with Crippen LogP contribution in [0.2, 0.25) is 0 Å². The molecule has 34 heavy (non-hydrogen) atoms. The van der Waals surface area contributed by atoms with E-state index in [-0.39, 0.29) is 24.7 Å². The minimum atomic E-state index is -4.69. The van der Waals surface area contributed by atoms with Crippen LogP contribution in [0.3, 0.4) is 0 Å². The highest BCUT2D eigenvalue weighted by Gasteiger charge is 2.41. The molecule has 0 radical (unpaired) electrons. The highest BCUT2D eigenvalue weighted by Crippen LogP contribution is 2.52. The largest absolute Gasteiger partial charge is 0.479 e. The monoisotopic (exact) mass is 492 g/mol. The van der Waals surface area contributed by atoms with Crippen molar-refractivity contribution in [2.75, 3.05) is 0 Å². The van der Waals surface area contributed by atoms with E-state index in [2.05, 4.69) is 10.6 Å². The summed E-state index contributed by atoms with van der Waals surface area (Å²) >= 11 is 0. The number of alkyl carbamates (subject to hydrolysis) is 1. The van der Waals surface area contributed by atoms with Crippen LogP contribution >= 0.6 is 7.60 Å². The second-order valence-corrected chi connectivity index (χ2v) is 9.69. The van der Waals surface area contributed by atoms with Crippen LogP contribution in [0.15, 0.2) is 54.6 Å². The molecule has 11 nitrogen and oxygen atoms in total. The highest BCUT2D eigenvalue weighted by atomic mass is 31.2. The van der Waals surface area contributed by atoms with Gasteiger partial charge in [-0.1, -0.05) is 68.4 Å². The quantitative estimate of drug-likeness (QED) is 0.156. The molecule has 0 bridgehead atoms. The van der Waals surface area contributed by atoms with Crippen molar-refractivity contribution in [1.29, 1.82) is 5.41 Å². The molecule has 0 saturated heterocycles. The van der Waals surface area contributed by atoms with Crippen molar-refractivity contribution in [3.8, 4) is 0 Å². The first kappa shape index (κ1) is 26.8. The Labute approximate surface area is 197 Å². The fourth-order valence-electron chi connectivity index (χ4n) is 3.04. The number of carbonyl (C=O) groups excluding carboxylic acids is 1. The highest BCUT2D eigenvalue weighted by molar-refractivity contribution is 7.53. The third kappa shape index (κ3) is 8.18. The summed E-state index contributed by atoms with van der Waals surface area (Å²) in [5.41, 5.74) is 6.68. The summed E-state index contributed by atoms with van der Waals surface area (Å²) in [5, 5.41) is 21.8. The van der Waals surface area contributed by atoms with E-state index >= 15 is 0 Å². The number of aliphatic carboxylic acids is 1. The summed E-state index contributed by atoms with van der Waals surface area (Å²) in [7, 11) is -4.69. The fourth-order valence-corrected chi connectivity index (χ4v) is 4.71. The lowest BCUT2D eigenvalue weighted by atomic mass is 10.1. The molecule has 0 aliphatic carbocycles. The Bertz CT molecular complexity index is 1050. The van der Waals surface area contributed by atoms with Crippen molar-refractivity contribution in [3.63, 3.8) is 0 Å². The number of carboxylic acids is 1. The first-order chi connectivity index (χ1) is 16.0. The van der Waals surface area contributed by atoms with Crippen LogP contribution in [-0.2, 0) is 31.8 Å². The van der Waals surface area contributed by atoms with Gasteiger partial charge in [-0.15, -0.1) is 0 Å². The van der Waals surface area contributed by atoms with Crippen LogP contribution in [0, 0.1) is 11.3 Å². The SMILES string of the molecule is CC(C)C(NC(=O)OCc1ccccc1)P(=O)(O)OC(C(=O)O)c1cccc(CNC(=N)N)c1. The summed E-state index contributed by atoms with van der Waals surface area (Å²) in [6.07, 6.45) is -2.72. The number of hydrogen-bond donors (Lipinski definition) is 6. The number of benzene rings is 2. The molecule has 2 rings (SSSR count). The number of guanidine groups is 1. The molecule has 3 unspecified atom stereocenters. The van der Waals surface area contributed by atoms with Gasteiger partial charge in [0.05, 0.1) is 0 Å². The zero-order valence-electron chi connectivity index (χ0n) is 18.8. The van der Waals surface area contributed by atoms with E-state index in [4.69, 9.17) is 20.4 Å². The van der Waals surface area contributed by atoms with Gasteiger partial charge in [-0.05, 0) is 22.6 Å². The maximum atomic E-state index is 13.1. The summed E-state index contributed by atoms with van der Waals surface area (Å²) in [6, 6.07) is 15.0. The van der Waals surface area contributed by atoms with Gasteiger partial charge in [-0.2, -0.15) is 0 Å². The Morgan fingerprint density at radius 1 is 1.12 bits per heavy atom. The van der Waals surface area contributed by atoms with Crippen LogP contribution in [0.25, 0.3) is 0 Å². The van der Waals surface area contributed by atoms with Crippen LogP contribution in [0.1, 0.15) is 36.6 Å². The lowest BCUT2D eigenvalue weighted by Crippen LogP contribution is -2.39. The second kappa shape index (κ2) is 12.2. The van der Waals surface area contributed by atoms with Crippen LogP contribution < -0.4 is 16.4 Å². The molecule has 1 amide bonds. The van der Waals surface area contributed by atoms with E-state index in [1.165, 1.54) is 12.1 Å². The zero-order valence-corrected chi connectivity index (χ0v) is 19.7. The average Bonchev–Trinajstić information content (AvgIpc) is 2.78. The van der Waals surface area contributed by atoms with Crippen LogP contribution in [-0.4, -0.2) is 33.8 Å². The Balaban J connectivity index is 2.15. The third-order valence-corrected chi connectivity index (χ3v) is 6.62. The van der Waals surface area contributed by atoms with Gasteiger partial charge >= 0.3 is 19.7 Å². The predicted molar refractivity (Wildman–Crippen MR) is 125 cm³/mol. The molecule has 184 valence electrons. The molecule has 12 heteroatoms. The van der Waals surface area contributed by atoms with E-state index in [9.17, 15) is 24.2 Å². The van der Waals surface area contributed by atoms with Crippen LogP contribution in [0.5, 0.6) is 0 Å². The van der Waals surface area contributed by atoms with Crippen molar-refractivity contribution in [2.45, 2.75) is 38.9 Å². The van der Waals surface area contributed by atoms with Gasteiger partial charge in [-0.3, -0.25) is 14.5 Å². The molecule has 0 spiro atoms. The number of carbonyl (C=O) groups is 2.